The lowest BCUT2D eigenvalue weighted by Gasteiger charge is -2.42. The van der Waals surface area contributed by atoms with Crippen molar-refractivity contribution in [2.24, 2.45) is 5.92 Å². The highest BCUT2D eigenvalue weighted by Gasteiger charge is 2.94. The number of esters is 1. The maximum atomic E-state index is 14.5. The summed E-state index contributed by atoms with van der Waals surface area (Å²) < 4.78 is 207. The fourth-order valence-corrected chi connectivity index (χ4v) is 3.65. The first kappa shape index (κ1) is 40.9. The average molecular weight is 667 g/mol. The lowest BCUT2D eigenvalue weighted by Crippen LogP contribution is -2.74. The number of alkyl halides is 15. The molecule has 0 aliphatic heterocycles. The fourth-order valence-electron chi connectivity index (χ4n) is 3.65. The van der Waals surface area contributed by atoms with E-state index in [0.717, 1.165) is 25.7 Å². The van der Waals surface area contributed by atoms with Crippen LogP contribution in [0.15, 0.2) is 0 Å². The molecule has 0 aromatic carbocycles. The van der Waals surface area contributed by atoms with Crippen molar-refractivity contribution < 1.29 is 80.2 Å². The third-order valence-corrected chi connectivity index (χ3v) is 6.34. The van der Waals surface area contributed by atoms with Gasteiger partial charge in [-0.2, -0.15) is 65.9 Å². The van der Waals surface area contributed by atoms with Crippen LogP contribution in [-0.4, -0.2) is 78.2 Å². The van der Waals surface area contributed by atoms with Crippen molar-refractivity contribution in [3.63, 3.8) is 0 Å². The molecule has 256 valence electrons. The second-order valence-electron chi connectivity index (χ2n) is 10.3. The third kappa shape index (κ3) is 8.14. The number of carbonyl (C=O) groups is 2. The number of halogens is 15. The number of hydrogen-bond donors (Lipinski definition) is 0. The minimum atomic E-state index is -8.52. The fraction of sp³-hybridized carbons (Fsp3) is 0.917. The number of rotatable bonds is 18. The van der Waals surface area contributed by atoms with Gasteiger partial charge >= 0.3 is 47.7 Å². The molecular formula is C24H32F15NO3. The maximum absolute atomic E-state index is 14.5. The van der Waals surface area contributed by atoms with Crippen LogP contribution in [0.25, 0.3) is 0 Å². The van der Waals surface area contributed by atoms with Crippen LogP contribution in [0.2, 0.25) is 0 Å². The van der Waals surface area contributed by atoms with Crippen LogP contribution < -0.4 is 0 Å². The second-order valence-corrected chi connectivity index (χ2v) is 10.3. The maximum Gasteiger partial charge on any atom is 0.460 e. The summed E-state index contributed by atoms with van der Waals surface area (Å²) in [6, 6.07) is -2.25. The van der Waals surface area contributed by atoms with Gasteiger partial charge in [-0.1, -0.05) is 59.3 Å². The van der Waals surface area contributed by atoms with Gasteiger partial charge in [0.2, 0.25) is 0 Å². The van der Waals surface area contributed by atoms with Gasteiger partial charge in [0.05, 0.1) is 6.61 Å². The van der Waals surface area contributed by atoms with Gasteiger partial charge in [-0.25, -0.2) is 4.79 Å². The van der Waals surface area contributed by atoms with Crippen molar-refractivity contribution in [3.8, 4) is 0 Å². The van der Waals surface area contributed by atoms with Crippen LogP contribution in [0.4, 0.5) is 65.9 Å². The standard InChI is InChI=1S/C24H32F15NO3/c1-5-6-7-8-9-10-11-12-43-16(41)15(13-14(2)3)40(4)17(42)18(25,26)19(27,28)20(29,30)21(31,32)22(33,34)23(35,36)24(37,38)39/h14-15H,5-13H2,1-4H3. The van der Waals surface area contributed by atoms with Crippen LogP contribution in [0, 0.1) is 5.92 Å². The van der Waals surface area contributed by atoms with E-state index in [9.17, 15) is 75.4 Å². The SMILES string of the molecule is CCCCCCCCCOC(=O)C(CC(C)C)N(C)C(=O)C(F)(F)C(F)(F)C(F)(F)C(F)(F)C(F)(F)C(F)(F)C(F)(F)F. The highest BCUT2D eigenvalue weighted by Crippen LogP contribution is 2.62. The summed E-state index contributed by atoms with van der Waals surface area (Å²) in [5, 5.41) is 0. The molecule has 19 heteroatoms. The highest BCUT2D eigenvalue weighted by atomic mass is 19.4. The molecule has 0 saturated heterocycles. The summed E-state index contributed by atoms with van der Waals surface area (Å²) in [4.78, 5) is 24.1. The molecule has 0 heterocycles. The molecule has 1 atom stereocenters. The zero-order valence-corrected chi connectivity index (χ0v) is 23.4. The molecule has 0 bridgehead atoms. The number of unbranched alkanes of at least 4 members (excludes halogenated alkanes) is 6. The van der Waals surface area contributed by atoms with Crippen LogP contribution >= 0.6 is 0 Å². The Morgan fingerprint density at radius 3 is 1.44 bits per heavy atom. The van der Waals surface area contributed by atoms with E-state index in [1.165, 1.54) is 13.8 Å². The Kier molecular flexibility index (Phi) is 13.6. The lowest BCUT2D eigenvalue weighted by molar-refractivity contribution is -0.449. The quantitative estimate of drug-likeness (QED) is 0.0837. The van der Waals surface area contributed by atoms with Gasteiger partial charge < -0.3 is 9.64 Å². The van der Waals surface area contributed by atoms with Crippen molar-refractivity contribution in [1.82, 2.24) is 4.90 Å². The summed E-state index contributed by atoms with van der Waals surface area (Å²) in [7, 11) is 0.150. The number of amides is 1. The number of carbonyl (C=O) groups excluding carboxylic acids is 2. The molecule has 43 heavy (non-hydrogen) atoms. The van der Waals surface area contributed by atoms with Crippen LogP contribution in [0.1, 0.15) is 72.1 Å². The zero-order valence-electron chi connectivity index (χ0n) is 23.4. The van der Waals surface area contributed by atoms with E-state index in [0.29, 0.717) is 12.8 Å². The molecule has 0 aliphatic carbocycles. The molecule has 0 radical (unpaired) electrons. The van der Waals surface area contributed by atoms with Gasteiger partial charge in [0, 0.05) is 7.05 Å². The Labute approximate surface area is 237 Å². The number of hydrogen-bond acceptors (Lipinski definition) is 3. The molecule has 0 spiro atoms. The van der Waals surface area contributed by atoms with E-state index in [1.807, 2.05) is 6.92 Å². The largest absolute Gasteiger partial charge is 0.464 e. The number of ether oxygens (including phenoxy) is 1. The van der Waals surface area contributed by atoms with E-state index in [4.69, 9.17) is 4.74 Å². The van der Waals surface area contributed by atoms with Crippen molar-refractivity contribution in [2.45, 2.75) is 120 Å². The predicted molar refractivity (Wildman–Crippen MR) is 121 cm³/mol. The Hall–Kier alpha value is -2.11. The van der Waals surface area contributed by atoms with E-state index in [1.54, 1.807) is 0 Å². The molecule has 0 aromatic heterocycles. The predicted octanol–water partition coefficient (Wildman–Crippen LogP) is 8.53. The monoisotopic (exact) mass is 667 g/mol. The molecule has 0 N–H and O–H groups in total. The second kappa shape index (κ2) is 14.3. The third-order valence-electron chi connectivity index (χ3n) is 6.34. The van der Waals surface area contributed by atoms with Crippen molar-refractivity contribution in [3.05, 3.63) is 0 Å². The van der Waals surface area contributed by atoms with Gasteiger partial charge in [0.15, 0.2) is 0 Å². The summed E-state index contributed by atoms with van der Waals surface area (Å²) in [6.45, 7) is 4.21. The Bertz CT molecular complexity index is 920. The number of nitrogens with zero attached hydrogens (tertiary/aromatic N) is 1. The molecule has 4 nitrogen and oxygen atoms in total. The van der Waals surface area contributed by atoms with Gasteiger partial charge in [-0.05, 0) is 18.8 Å². The molecule has 1 amide bonds. The lowest BCUT2D eigenvalue weighted by atomic mass is 9.90. The normalized spacial score (nSPS) is 15.1. The number of likely N-dealkylation sites (N-methyl/N-ethyl adjacent to an activating group) is 1. The summed E-state index contributed by atoms with van der Waals surface area (Å²) in [5.41, 5.74) is 0. The summed E-state index contributed by atoms with van der Waals surface area (Å²) >= 11 is 0. The van der Waals surface area contributed by atoms with Crippen molar-refractivity contribution in [2.75, 3.05) is 13.7 Å². The first-order chi connectivity index (χ1) is 19.1. The van der Waals surface area contributed by atoms with E-state index >= 15 is 0 Å². The van der Waals surface area contributed by atoms with Crippen LogP contribution in [0.5, 0.6) is 0 Å². The molecule has 1 unspecified atom stereocenters. The van der Waals surface area contributed by atoms with E-state index in [2.05, 4.69) is 0 Å². The zero-order chi connectivity index (χ0) is 34.5. The Morgan fingerprint density at radius 2 is 1.02 bits per heavy atom. The molecule has 0 rings (SSSR count). The first-order valence-electron chi connectivity index (χ1n) is 12.9. The first-order valence-corrected chi connectivity index (χ1v) is 12.9. The molecule has 0 fully saturated rings. The molecular weight excluding hydrogens is 635 g/mol. The van der Waals surface area contributed by atoms with E-state index in [-0.39, 0.29) is 20.1 Å². The van der Waals surface area contributed by atoms with Crippen LogP contribution in [-0.2, 0) is 14.3 Å². The van der Waals surface area contributed by atoms with Gasteiger partial charge in [-0.3, -0.25) is 4.79 Å². The Morgan fingerprint density at radius 1 is 0.628 bits per heavy atom. The smallest absolute Gasteiger partial charge is 0.460 e. The van der Waals surface area contributed by atoms with Crippen molar-refractivity contribution >= 4 is 11.9 Å². The minimum absolute atomic E-state index is 0.150. The summed E-state index contributed by atoms with van der Waals surface area (Å²) in [6.07, 6.45) is -3.25. The van der Waals surface area contributed by atoms with Crippen LogP contribution in [0.3, 0.4) is 0 Å². The highest BCUT2D eigenvalue weighted by molar-refractivity contribution is 5.89. The average Bonchev–Trinajstić information content (AvgIpc) is 2.86. The molecule has 0 aromatic rings. The van der Waals surface area contributed by atoms with Crippen molar-refractivity contribution in [1.29, 1.82) is 0 Å². The molecule has 0 aliphatic rings. The van der Waals surface area contributed by atoms with Gasteiger partial charge in [0.1, 0.15) is 6.04 Å². The molecule has 0 saturated carbocycles. The van der Waals surface area contributed by atoms with E-state index < -0.39 is 76.9 Å². The Balaban J connectivity index is 6.15. The van der Waals surface area contributed by atoms with Gasteiger partial charge in [0.25, 0.3) is 5.91 Å². The topological polar surface area (TPSA) is 46.6 Å². The summed E-state index contributed by atoms with van der Waals surface area (Å²) in [5.74, 6) is -54.4. The van der Waals surface area contributed by atoms with Gasteiger partial charge in [-0.15, -0.1) is 0 Å². The minimum Gasteiger partial charge on any atom is -0.464 e.